The molecule has 0 aliphatic rings. The van der Waals surface area contributed by atoms with Crippen LogP contribution in [-0.2, 0) is 6.61 Å². The summed E-state index contributed by atoms with van der Waals surface area (Å²) >= 11 is 0. The third-order valence-electron chi connectivity index (χ3n) is 4.52. The fourth-order valence-electron chi connectivity index (χ4n) is 2.93. The van der Waals surface area contributed by atoms with Crippen molar-refractivity contribution in [3.05, 3.63) is 112 Å². The lowest BCUT2D eigenvalue weighted by Crippen LogP contribution is -2.19. The van der Waals surface area contributed by atoms with Crippen molar-refractivity contribution in [2.24, 2.45) is 5.10 Å². The maximum Gasteiger partial charge on any atom is 0.271 e. The van der Waals surface area contributed by atoms with Crippen molar-refractivity contribution in [2.45, 2.75) is 6.61 Å². The van der Waals surface area contributed by atoms with Crippen LogP contribution in [0.15, 0.2) is 94.8 Å². The zero-order valence-electron chi connectivity index (χ0n) is 16.0. The molecule has 2 N–H and O–H groups in total. The highest BCUT2D eigenvalue weighted by Gasteiger charge is 2.05. The number of hydrazone groups is 1. The molecule has 6 heteroatoms. The molecule has 0 aliphatic carbocycles. The highest BCUT2D eigenvalue weighted by molar-refractivity contribution is 5.95. The molecule has 1 amide bonds. The van der Waals surface area contributed by atoms with E-state index in [2.05, 4.69) is 15.5 Å². The Balaban J connectivity index is 1.37. The molecule has 0 atom stereocenters. The van der Waals surface area contributed by atoms with Crippen molar-refractivity contribution in [1.82, 2.24) is 10.4 Å². The van der Waals surface area contributed by atoms with Crippen molar-refractivity contribution in [1.29, 1.82) is 0 Å². The minimum absolute atomic E-state index is 0.272. The molecule has 1 aromatic heterocycles. The number of carbonyl (C=O) groups excluding carboxylic acids is 1. The van der Waals surface area contributed by atoms with E-state index in [9.17, 15) is 9.59 Å². The summed E-state index contributed by atoms with van der Waals surface area (Å²) in [6.07, 6.45) is 1.33. The van der Waals surface area contributed by atoms with E-state index >= 15 is 0 Å². The molecule has 3 aromatic carbocycles. The number of fused-ring (bicyclic) bond motifs is 1. The Kier molecular flexibility index (Phi) is 5.66. The molecule has 0 saturated heterocycles. The van der Waals surface area contributed by atoms with E-state index in [4.69, 9.17) is 4.74 Å². The predicted octanol–water partition coefficient (Wildman–Crippen LogP) is 3.87. The number of rotatable bonds is 6. The van der Waals surface area contributed by atoms with Crippen LogP contribution in [0.25, 0.3) is 10.9 Å². The Hall–Kier alpha value is -4.19. The number of hydrogen-bond donors (Lipinski definition) is 2. The van der Waals surface area contributed by atoms with Gasteiger partial charge in [-0.2, -0.15) is 5.10 Å². The molecule has 0 bridgehead atoms. The molecule has 4 rings (SSSR count). The fraction of sp³-hybridized carbons (Fsp3) is 0.0417. The first-order valence-corrected chi connectivity index (χ1v) is 9.41. The Morgan fingerprint density at radius 3 is 2.50 bits per heavy atom. The van der Waals surface area contributed by atoms with Gasteiger partial charge in [0.25, 0.3) is 11.5 Å². The molecule has 30 heavy (non-hydrogen) atoms. The van der Waals surface area contributed by atoms with Gasteiger partial charge in [0.05, 0.1) is 11.8 Å². The number of amides is 1. The summed E-state index contributed by atoms with van der Waals surface area (Å²) in [5, 5.41) is 4.79. The summed E-state index contributed by atoms with van der Waals surface area (Å²) in [4.78, 5) is 27.2. The number of nitrogens with one attached hydrogen (secondary N) is 2. The normalized spacial score (nSPS) is 10.9. The van der Waals surface area contributed by atoms with Crippen LogP contribution >= 0.6 is 0 Å². The molecule has 1 heterocycles. The average Bonchev–Trinajstić information content (AvgIpc) is 2.79. The molecular weight excluding hydrogens is 378 g/mol. The van der Waals surface area contributed by atoms with Crippen molar-refractivity contribution >= 4 is 23.0 Å². The van der Waals surface area contributed by atoms with Crippen LogP contribution in [0.4, 0.5) is 0 Å². The van der Waals surface area contributed by atoms with Gasteiger partial charge in [-0.25, -0.2) is 5.43 Å². The number of aromatic nitrogens is 1. The molecule has 148 valence electrons. The SMILES string of the molecule is O=C(NN=Cc1cc2ccccc2[nH]c1=O)c1ccc(OCc2ccccc2)cc1. The first-order valence-electron chi connectivity index (χ1n) is 9.41. The van der Waals surface area contributed by atoms with E-state index in [-0.39, 0.29) is 11.5 Å². The zero-order valence-corrected chi connectivity index (χ0v) is 16.0. The largest absolute Gasteiger partial charge is 0.489 e. The molecule has 0 radical (unpaired) electrons. The Labute approximate surface area is 172 Å². The maximum atomic E-state index is 12.3. The summed E-state index contributed by atoms with van der Waals surface area (Å²) in [5.41, 5.74) is 4.78. The maximum absolute atomic E-state index is 12.3. The lowest BCUT2D eigenvalue weighted by molar-refractivity contribution is 0.0955. The third-order valence-corrected chi connectivity index (χ3v) is 4.52. The van der Waals surface area contributed by atoms with E-state index in [1.165, 1.54) is 6.21 Å². The standard InChI is InChI=1S/C24H19N3O3/c28-23-20(14-19-8-4-5-9-22(19)26-23)15-25-27-24(29)18-10-12-21(13-11-18)30-16-17-6-2-1-3-7-17/h1-15H,16H2,(H,26,28)(H,27,29). The van der Waals surface area contributed by atoms with E-state index in [0.29, 0.717) is 23.5 Å². The Morgan fingerprint density at radius 2 is 1.70 bits per heavy atom. The first-order chi connectivity index (χ1) is 14.7. The van der Waals surface area contributed by atoms with E-state index in [1.54, 1.807) is 30.3 Å². The van der Waals surface area contributed by atoms with Crippen LogP contribution in [0.3, 0.4) is 0 Å². The topological polar surface area (TPSA) is 83.5 Å². The molecule has 0 saturated carbocycles. The fourth-order valence-corrected chi connectivity index (χ4v) is 2.93. The van der Waals surface area contributed by atoms with Crippen LogP contribution in [-0.4, -0.2) is 17.1 Å². The summed E-state index contributed by atoms with van der Waals surface area (Å²) in [7, 11) is 0. The summed E-state index contributed by atoms with van der Waals surface area (Å²) in [6, 6.07) is 25.8. The van der Waals surface area contributed by atoms with Gasteiger partial charge < -0.3 is 9.72 Å². The number of H-pyrrole nitrogens is 1. The Morgan fingerprint density at radius 1 is 0.967 bits per heavy atom. The molecule has 0 unspecified atom stereocenters. The number of pyridine rings is 1. The van der Waals surface area contributed by atoms with Crippen molar-refractivity contribution in [3.8, 4) is 5.75 Å². The van der Waals surface area contributed by atoms with Crippen molar-refractivity contribution in [2.75, 3.05) is 0 Å². The van der Waals surface area contributed by atoms with Crippen LogP contribution in [0, 0.1) is 0 Å². The van der Waals surface area contributed by atoms with Gasteiger partial charge >= 0.3 is 0 Å². The summed E-state index contributed by atoms with van der Waals surface area (Å²) < 4.78 is 5.71. The highest BCUT2D eigenvalue weighted by atomic mass is 16.5. The van der Waals surface area contributed by atoms with Gasteiger partial charge in [-0.1, -0.05) is 48.5 Å². The number of hydrogen-bond acceptors (Lipinski definition) is 4. The smallest absolute Gasteiger partial charge is 0.271 e. The van der Waals surface area contributed by atoms with Gasteiger partial charge in [-0.05, 0) is 47.3 Å². The van der Waals surface area contributed by atoms with Crippen molar-refractivity contribution in [3.63, 3.8) is 0 Å². The predicted molar refractivity (Wildman–Crippen MR) is 117 cm³/mol. The summed E-state index contributed by atoms with van der Waals surface area (Å²) in [6.45, 7) is 0.455. The third kappa shape index (κ3) is 4.62. The summed E-state index contributed by atoms with van der Waals surface area (Å²) in [5.74, 6) is 0.291. The monoisotopic (exact) mass is 397 g/mol. The van der Waals surface area contributed by atoms with Gasteiger partial charge in [0.15, 0.2) is 0 Å². The molecule has 0 aliphatic heterocycles. The first kappa shape index (κ1) is 19.1. The lowest BCUT2D eigenvalue weighted by Gasteiger charge is -2.07. The molecule has 0 fully saturated rings. The Bertz CT molecular complexity index is 1250. The molecule has 6 nitrogen and oxygen atoms in total. The number of para-hydroxylation sites is 1. The van der Waals surface area contributed by atoms with E-state index < -0.39 is 0 Å². The average molecular weight is 397 g/mol. The van der Waals surface area contributed by atoms with Gasteiger partial charge in [0, 0.05) is 11.1 Å². The van der Waals surface area contributed by atoms with Crippen LogP contribution in [0.1, 0.15) is 21.5 Å². The quantitative estimate of drug-likeness (QED) is 0.383. The number of ether oxygens (including phenoxy) is 1. The van der Waals surface area contributed by atoms with Crippen LogP contribution < -0.4 is 15.7 Å². The van der Waals surface area contributed by atoms with Crippen LogP contribution in [0.5, 0.6) is 5.75 Å². The second-order valence-corrected chi connectivity index (χ2v) is 6.64. The second-order valence-electron chi connectivity index (χ2n) is 6.64. The second kappa shape index (κ2) is 8.87. The molecule has 0 spiro atoms. The molecule has 4 aromatic rings. The number of aromatic amines is 1. The zero-order chi connectivity index (χ0) is 20.8. The van der Waals surface area contributed by atoms with E-state index in [0.717, 1.165) is 16.5 Å². The lowest BCUT2D eigenvalue weighted by atomic mass is 10.2. The van der Waals surface area contributed by atoms with Gasteiger partial charge in [0.1, 0.15) is 12.4 Å². The van der Waals surface area contributed by atoms with Gasteiger partial charge in [-0.3, -0.25) is 9.59 Å². The minimum atomic E-state index is -0.377. The highest BCUT2D eigenvalue weighted by Crippen LogP contribution is 2.14. The van der Waals surface area contributed by atoms with Gasteiger partial charge in [0.2, 0.25) is 0 Å². The molecular formula is C24H19N3O3. The number of nitrogens with zero attached hydrogens (tertiary/aromatic N) is 1. The number of carbonyl (C=O) groups is 1. The van der Waals surface area contributed by atoms with Crippen molar-refractivity contribution < 1.29 is 9.53 Å². The number of benzene rings is 3. The van der Waals surface area contributed by atoms with Crippen LogP contribution in [0.2, 0.25) is 0 Å². The van der Waals surface area contributed by atoms with Gasteiger partial charge in [-0.15, -0.1) is 0 Å². The van der Waals surface area contributed by atoms with E-state index in [1.807, 2.05) is 54.6 Å². The minimum Gasteiger partial charge on any atom is -0.489 e.